The molecule has 0 spiro atoms. The lowest BCUT2D eigenvalue weighted by molar-refractivity contribution is -0.384. The average Bonchev–Trinajstić information content (AvgIpc) is 2.14. The van der Waals surface area contributed by atoms with Gasteiger partial charge in [-0.2, -0.15) is 0 Å². The lowest BCUT2D eigenvalue weighted by Gasteiger charge is -2.08. The molecule has 1 aromatic carbocycles. The quantitative estimate of drug-likeness (QED) is 0.407. The highest BCUT2D eigenvalue weighted by Crippen LogP contribution is 2.36. The van der Waals surface area contributed by atoms with Gasteiger partial charge in [0.1, 0.15) is 5.69 Å². The average molecular weight is 232 g/mol. The number of nitrogens with zero attached hydrogens (tertiary/aromatic N) is 1. The van der Waals surface area contributed by atoms with Crippen LogP contribution in [0.2, 0.25) is 5.02 Å². The van der Waals surface area contributed by atoms with Crippen LogP contribution in [0.25, 0.3) is 0 Å². The van der Waals surface area contributed by atoms with Gasteiger partial charge in [-0.3, -0.25) is 10.1 Å². The summed E-state index contributed by atoms with van der Waals surface area (Å²) in [7, 11) is 0. The molecular formula is C8H10ClN3O3. The maximum Gasteiger partial charge on any atom is 0.297 e. The largest absolute Gasteiger partial charge is 0.396 e. The molecule has 1 rings (SSSR count). The van der Waals surface area contributed by atoms with E-state index in [0.717, 1.165) is 0 Å². The molecule has 5 N–H and O–H groups in total. The smallest absolute Gasteiger partial charge is 0.297 e. The van der Waals surface area contributed by atoms with Crippen LogP contribution in [0.4, 0.5) is 17.1 Å². The van der Waals surface area contributed by atoms with Gasteiger partial charge in [-0.15, -0.1) is 0 Å². The van der Waals surface area contributed by atoms with Crippen molar-refractivity contribution >= 4 is 28.7 Å². The zero-order valence-corrected chi connectivity index (χ0v) is 8.49. The number of anilines is 2. The maximum atomic E-state index is 10.7. The Labute approximate surface area is 90.6 Å². The van der Waals surface area contributed by atoms with E-state index in [-0.39, 0.29) is 40.7 Å². The Hall–Kier alpha value is -1.53. The number of halogens is 1. The second-order valence-corrected chi connectivity index (χ2v) is 3.33. The minimum atomic E-state index is -0.632. The van der Waals surface area contributed by atoms with Gasteiger partial charge in [-0.05, 0) is 6.07 Å². The third-order valence-electron chi connectivity index (χ3n) is 1.97. The molecule has 0 heterocycles. The second-order valence-electron chi connectivity index (χ2n) is 2.92. The molecule has 0 radical (unpaired) electrons. The fraction of sp³-hybridized carbons (Fsp3) is 0.250. The van der Waals surface area contributed by atoms with Gasteiger partial charge in [0, 0.05) is 18.6 Å². The molecular weight excluding hydrogens is 222 g/mol. The van der Waals surface area contributed by atoms with Crippen LogP contribution in [0.3, 0.4) is 0 Å². The molecule has 0 amide bonds. The van der Waals surface area contributed by atoms with Gasteiger partial charge in [0.2, 0.25) is 0 Å². The highest BCUT2D eigenvalue weighted by molar-refractivity contribution is 6.34. The molecule has 0 saturated heterocycles. The van der Waals surface area contributed by atoms with Crippen molar-refractivity contribution in [1.82, 2.24) is 0 Å². The van der Waals surface area contributed by atoms with E-state index in [0.29, 0.717) is 0 Å². The Morgan fingerprint density at radius 1 is 1.47 bits per heavy atom. The van der Waals surface area contributed by atoms with Crippen LogP contribution in [0.5, 0.6) is 0 Å². The van der Waals surface area contributed by atoms with E-state index in [1.807, 2.05) is 0 Å². The Kier molecular flexibility index (Phi) is 3.33. The minimum Gasteiger partial charge on any atom is -0.396 e. The molecule has 0 fully saturated rings. The number of hydrogen-bond acceptors (Lipinski definition) is 5. The molecule has 0 aromatic heterocycles. The number of benzene rings is 1. The lowest BCUT2D eigenvalue weighted by atomic mass is 10.1. The van der Waals surface area contributed by atoms with Gasteiger partial charge in [0.05, 0.1) is 15.6 Å². The van der Waals surface area contributed by atoms with Crippen molar-refractivity contribution in [2.75, 3.05) is 18.1 Å². The number of aliphatic hydroxyl groups excluding tert-OH is 1. The minimum absolute atomic E-state index is 0.00921. The summed E-state index contributed by atoms with van der Waals surface area (Å²) in [5.41, 5.74) is 10.8. The summed E-state index contributed by atoms with van der Waals surface area (Å²) in [4.78, 5) is 10.1. The second kappa shape index (κ2) is 4.33. The summed E-state index contributed by atoms with van der Waals surface area (Å²) in [6.45, 7) is -0.222. The number of nitro benzene ring substituents is 1. The molecule has 6 nitrogen and oxygen atoms in total. The molecule has 0 aliphatic heterocycles. The van der Waals surface area contributed by atoms with Gasteiger partial charge in [0.25, 0.3) is 5.69 Å². The van der Waals surface area contributed by atoms with E-state index in [1.165, 1.54) is 6.07 Å². The molecule has 0 unspecified atom stereocenters. The van der Waals surface area contributed by atoms with E-state index in [1.54, 1.807) is 0 Å². The first-order valence-corrected chi connectivity index (χ1v) is 4.48. The van der Waals surface area contributed by atoms with E-state index in [9.17, 15) is 10.1 Å². The third-order valence-corrected chi connectivity index (χ3v) is 2.28. The van der Waals surface area contributed by atoms with Crippen molar-refractivity contribution in [1.29, 1.82) is 0 Å². The molecule has 1 aromatic rings. The van der Waals surface area contributed by atoms with Crippen molar-refractivity contribution in [3.05, 3.63) is 26.8 Å². The number of aliphatic hydroxyl groups is 1. The topological polar surface area (TPSA) is 115 Å². The van der Waals surface area contributed by atoms with Crippen molar-refractivity contribution in [3.63, 3.8) is 0 Å². The van der Waals surface area contributed by atoms with Gasteiger partial charge in [-0.1, -0.05) is 11.6 Å². The lowest BCUT2D eigenvalue weighted by Crippen LogP contribution is -2.06. The molecule has 0 aliphatic carbocycles. The Bertz CT molecular complexity index is 409. The highest BCUT2D eigenvalue weighted by Gasteiger charge is 2.22. The van der Waals surface area contributed by atoms with E-state index in [4.69, 9.17) is 28.2 Å². The first kappa shape index (κ1) is 11.5. The van der Waals surface area contributed by atoms with Crippen LogP contribution < -0.4 is 11.5 Å². The Morgan fingerprint density at radius 2 is 2.07 bits per heavy atom. The van der Waals surface area contributed by atoms with Gasteiger partial charge in [0.15, 0.2) is 0 Å². The number of nitrogens with two attached hydrogens (primary N) is 2. The first-order chi connectivity index (χ1) is 6.99. The highest BCUT2D eigenvalue weighted by atomic mass is 35.5. The van der Waals surface area contributed by atoms with Crippen molar-refractivity contribution < 1.29 is 10.0 Å². The maximum absolute atomic E-state index is 10.7. The van der Waals surface area contributed by atoms with Gasteiger partial charge in [-0.25, -0.2) is 0 Å². The molecule has 0 atom stereocenters. The first-order valence-electron chi connectivity index (χ1n) is 4.10. The van der Waals surface area contributed by atoms with Gasteiger partial charge >= 0.3 is 0 Å². The molecule has 0 saturated carbocycles. The third kappa shape index (κ3) is 2.11. The van der Waals surface area contributed by atoms with Gasteiger partial charge < -0.3 is 16.6 Å². The molecule has 0 bridgehead atoms. The van der Waals surface area contributed by atoms with Crippen LogP contribution in [-0.2, 0) is 6.42 Å². The van der Waals surface area contributed by atoms with Crippen molar-refractivity contribution in [2.45, 2.75) is 6.42 Å². The molecule has 0 aliphatic rings. The summed E-state index contributed by atoms with van der Waals surface area (Å²) in [5.74, 6) is 0. The normalized spacial score (nSPS) is 10.3. The standard InChI is InChI=1S/C8H10ClN3O3/c9-5-3-4(1-2-13)8(12(14)15)7(11)6(5)10/h3,13H,1-2,10-11H2. The van der Waals surface area contributed by atoms with Crippen molar-refractivity contribution in [3.8, 4) is 0 Å². The number of nitrogen functional groups attached to an aromatic ring is 2. The summed E-state index contributed by atoms with van der Waals surface area (Å²) in [6.07, 6.45) is 0.112. The van der Waals surface area contributed by atoms with E-state index in [2.05, 4.69) is 0 Å². The van der Waals surface area contributed by atoms with Crippen LogP contribution >= 0.6 is 11.6 Å². The number of hydrogen-bond donors (Lipinski definition) is 3. The Balaban J connectivity index is 3.43. The summed E-state index contributed by atoms with van der Waals surface area (Å²) in [6, 6.07) is 1.35. The van der Waals surface area contributed by atoms with Crippen LogP contribution in [0, 0.1) is 10.1 Å². The predicted octanol–water partition coefficient (Wildman–Crippen LogP) is 0.947. The van der Waals surface area contributed by atoms with Crippen LogP contribution in [0.1, 0.15) is 5.56 Å². The zero-order chi connectivity index (χ0) is 11.6. The SMILES string of the molecule is Nc1c(Cl)cc(CCO)c([N+](=O)[O-])c1N. The number of nitro groups is 1. The zero-order valence-electron chi connectivity index (χ0n) is 7.74. The Morgan fingerprint density at radius 3 is 2.53 bits per heavy atom. The summed E-state index contributed by atoms with van der Waals surface area (Å²) >= 11 is 5.72. The van der Waals surface area contributed by atoms with Crippen molar-refractivity contribution in [2.24, 2.45) is 0 Å². The number of rotatable bonds is 3. The molecule has 82 valence electrons. The van der Waals surface area contributed by atoms with E-state index < -0.39 is 4.92 Å². The fourth-order valence-electron chi connectivity index (χ4n) is 1.25. The fourth-order valence-corrected chi connectivity index (χ4v) is 1.49. The molecule has 7 heteroatoms. The monoisotopic (exact) mass is 231 g/mol. The van der Waals surface area contributed by atoms with Crippen LogP contribution in [-0.4, -0.2) is 16.6 Å². The van der Waals surface area contributed by atoms with E-state index >= 15 is 0 Å². The summed E-state index contributed by atoms with van der Waals surface area (Å²) in [5, 5.41) is 19.6. The molecule has 15 heavy (non-hydrogen) atoms. The summed E-state index contributed by atoms with van der Waals surface area (Å²) < 4.78 is 0. The van der Waals surface area contributed by atoms with Crippen LogP contribution in [0.15, 0.2) is 6.07 Å². The predicted molar refractivity (Wildman–Crippen MR) is 57.7 cm³/mol.